The Morgan fingerprint density at radius 1 is 1.00 bits per heavy atom. The summed E-state index contributed by atoms with van der Waals surface area (Å²) < 4.78 is 10.5. The maximum Gasteiger partial charge on any atom is 0.0700 e. The minimum Gasteiger partial charge on any atom is -0.379 e. The first-order chi connectivity index (χ1) is 7.41. The molecule has 0 aromatic rings. The molecule has 0 N–H and O–H groups in total. The van der Waals surface area contributed by atoms with Crippen molar-refractivity contribution in [2.75, 3.05) is 33.0 Å². The highest BCUT2D eigenvalue weighted by Gasteiger charge is 1.90. The third-order valence-electron chi connectivity index (χ3n) is 1.91. The highest BCUT2D eigenvalue weighted by Crippen LogP contribution is 1.98. The van der Waals surface area contributed by atoms with Crippen LogP contribution in [0.3, 0.4) is 0 Å². The molecule has 15 heavy (non-hydrogen) atoms. The van der Waals surface area contributed by atoms with Crippen LogP contribution in [0.5, 0.6) is 0 Å². The van der Waals surface area contributed by atoms with E-state index in [-0.39, 0.29) is 0 Å². The van der Waals surface area contributed by atoms with Gasteiger partial charge >= 0.3 is 0 Å². The van der Waals surface area contributed by atoms with Crippen molar-refractivity contribution >= 4 is 0 Å². The summed E-state index contributed by atoms with van der Waals surface area (Å²) in [6, 6.07) is 0. The molecule has 5 nitrogen and oxygen atoms in total. The van der Waals surface area contributed by atoms with Gasteiger partial charge in [0.05, 0.1) is 19.8 Å². The van der Waals surface area contributed by atoms with Crippen LogP contribution in [0.4, 0.5) is 0 Å². The predicted molar refractivity (Wildman–Crippen MR) is 59.8 cm³/mol. The van der Waals surface area contributed by atoms with Crippen LogP contribution in [0.1, 0.15) is 32.6 Å². The van der Waals surface area contributed by atoms with Crippen molar-refractivity contribution in [2.45, 2.75) is 32.6 Å². The first-order valence-corrected chi connectivity index (χ1v) is 5.58. The number of rotatable bonds is 11. The Morgan fingerprint density at radius 3 is 2.40 bits per heavy atom. The van der Waals surface area contributed by atoms with Crippen molar-refractivity contribution in [2.24, 2.45) is 5.11 Å². The van der Waals surface area contributed by atoms with Gasteiger partial charge in [0.25, 0.3) is 0 Å². The molecule has 88 valence electrons. The van der Waals surface area contributed by atoms with Crippen molar-refractivity contribution in [1.29, 1.82) is 0 Å². The summed E-state index contributed by atoms with van der Waals surface area (Å²) in [5.41, 5.74) is 7.99. The second-order valence-corrected chi connectivity index (χ2v) is 3.24. The molecule has 0 aromatic carbocycles. The zero-order valence-corrected chi connectivity index (χ0v) is 9.52. The molecule has 0 unspecified atom stereocenters. The van der Waals surface area contributed by atoms with Gasteiger partial charge in [-0.2, -0.15) is 0 Å². The van der Waals surface area contributed by atoms with Crippen molar-refractivity contribution in [3.8, 4) is 0 Å². The van der Waals surface area contributed by atoms with Crippen LogP contribution >= 0.6 is 0 Å². The van der Waals surface area contributed by atoms with Crippen LogP contribution in [-0.4, -0.2) is 33.0 Å². The van der Waals surface area contributed by atoms with Gasteiger partial charge in [-0.05, 0) is 12.0 Å². The largest absolute Gasteiger partial charge is 0.379 e. The highest BCUT2D eigenvalue weighted by atomic mass is 16.5. The number of ether oxygens (including phenoxy) is 2. The number of hydrogen-bond donors (Lipinski definition) is 0. The summed E-state index contributed by atoms with van der Waals surface area (Å²) in [6.45, 7) is 5.09. The van der Waals surface area contributed by atoms with Crippen molar-refractivity contribution < 1.29 is 9.47 Å². The molecule has 0 fully saturated rings. The first kappa shape index (κ1) is 14.2. The fourth-order valence-corrected chi connectivity index (χ4v) is 1.10. The summed E-state index contributed by atoms with van der Waals surface area (Å²) in [6.07, 6.45) is 4.91. The van der Waals surface area contributed by atoms with E-state index in [9.17, 15) is 0 Å². The van der Waals surface area contributed by atoms with Gasteiger partial charge < -0.3 is 9.47 Å². The molecule has 0 aromatic heterocycles. The predicted octanol–water partition coefficient (Wildman–Crippen LogP) is 2.91. The number of hydrogen-bond acceptors (Lipinski definition) is 3. The second-order valence-electron chi connectivity index (χ2n) is 3.24. The van der Waals surface area contributed by atoms with Gasteiger partial charge in [0.2, 0.25) is 0 Å². The minimum atomic E-state index is 0.396. The molecule has 0 atom stereocenters. The van der Waals surface area contributed by atoms with Gasteiger partial charge in [-0.3, -0.25) is 0 Å². The van der Waals surface area contributed by atoms with E-state index in [2.05, 4.69) is 16.9 Å². The van der Waals surface area contributed by atoms with Crippen LogP contribution in [0.25, 0.3) is 10.4 Å². The van der Waals surface area contributed by atoms with Gasteiger partial charge in [0, 0.05) is 18.1 Å². The van der Waals surface area contributed by atoms with E-state index in [0.717, 1.165) is 13.0 Å². The smallest absolute Gasteiger partial charge is 0.0700 e. The van der Waals surface area contributed by atoms with Gasteiger partial charge in [0.15, 0.2) is 0 Å². The second kappa shape index (κ2) is 13.2. The van der Waals surface area contributed by atoms with Crippen molar-refractivity contribution in [3.63, 3.8) is 0 Å². The molecule has 0 heterocycles. The number of nitrogens with zero attached hydrogens (tertiary/aromatic N) is 3. The Hall–Kier alpha value is -0.770. The lowest BCUT2D eigenvalue weighted by Crippen LogP contribution is -2.07. The molecule has 0 aliphatic carbocycles. The molecule has 0 aliphatic heterocycles. The molecule has 0 aliphatic rings. The molecule has 5 heteroatoms. The van der Waals surface area contributed by atoms with Gasteiger partial charge in [0.1, 0.15) is 0 Å². The fourth-order valence-electron chi connectivity index (χ4n) is 1.10. The van der Waals surface area contributed by atoms with Crippen LogP contribution in [0, 0.1) is 0 Å². The lowest BCUT2D eigenvalue weighted by molar-refractivity contribution is 0.0492. The van der Waals surface area contributed by atoms with Crippen LogP contribution < -0.4 is 0 Å². The summed E-state index contributed by atoms with van der Waals surface area (Å²) in [7, 11) is 0. The SMILES string of the molecule is CCCCCCOCCOCCN=[N+]=[N-]. The Labute approximate surface area is 91.4 Å². The summed E-state index contributed by atoms with van der Waals surface area (Å²) in [4.78, 5) is 2.63. The Balaban J connectivity index is 2.89. The fraction of sp³-hybridized carbons (Fsp3) is 1.00. The van der Waals surface area contributed by atoms with E-state index in [1.807, 2.05) is 0 Å². The monoisotopic (exact) mass is 215 g/mol. The maximum absolute atomic E-state index is 7.99. The molecule has 0 radical (unpaired) electrons. The van der Waals surface area contributed by atoms with E-state index < -0.39 is 0 Å². The average molecular weight is 215 g/mol. The molecular formula is C10H21N3O2. The summed E-state index contributed by atoms with van der Waals surface area (Å²) >= 11 is 0. The molecule has 0 bridgehead atoms. The van der Waals surface area contributed by atoms with Crippen LogP contribution in [0.15, 0.2) is 5.11 Å². The average Bonchev–Trinajstić information content (AvgIpc) is 2.26. The Kier molecular flexibility index (Phi) is 12.6. The molecule has 0 saturated heterocycles. The van der Waals surface area contributed by atoms with Gasteiger partial charge in [-0.1, -0.05) is 31.3 Å². The van der Waals surface area contributed by atoms with Crippen molar-refractivity contribution in [1.82, 2.24) is 0 Å². The highest BCUT2D eigenvalue weighted by molar-refractivity contribution is 4.44. The standard InChI is InChI=1S/C10H21N3O2/c1-2-3-4-5-7-14-9-10-15-8-6-12-13-11/h2-10H2,1H3. The zero-order valence-electron chi connectivity index (χ0n) is 9.52. The molecule has 0 rings (SSSR count). The molecule has 0 spiro atoms. The molecule has 0 amide bonds. The normalized spacial score (nSPS) is 9.93. The van der Waals surface area contributed by atoms with E-state index in [0.29, 0.717) is 26.4 Å². The third kappa shape index (κ3) is 13.2. The first-order valence-electron chi connectivity index (χ1n) is 5.58. The minimum absolute atomic E-state index is 0.396. The molecular weight excluding hydrogens is 194 g/mol. The lowest BCUT2D eigenvalue weighted by Gasteiger charge is -2.04. The quantitative estimate of drug-likeness (QED) is 0.230. The molecule has 0 saturated carbocycles. The van der Waals surface area contributed by atoms with Crippen molar-refractivity contribution in [3.05, 3.63) is 10.4 Å². The lowest BCUT2D eigenvalue weighted by atomic mass is 10.2. The summed E-state index contributed by atoms with van der Waals surface area (Å²) in [5, 5.41) is 3.35. The number of unbranched alkanes of at least 4 members (excludes halogenated alkanes) is 3. The van der Waals surface area contributed by atoms with E-state index in [1.54, 1.807) is 0 Å². The van der Waals surface area contributed by atoms with Crippen LogP contribution in [0.2, 0.25) is 0 Å². The Bertz CT molecular complexity index is 170. The van der Waals surface area contributed by atoms with Crippen LogP contribution in [-0.2, 0) is 9.47 Å². The summed E-state index contributed by atoms with van der Waals surface area (Å²) in [5.74, 6) is 0. The van der Waals surface area contributed by atoms with Gasteiger partial charge in [-0.15, -0.1) is 0 Å². The Morgan fingerprint density at radius 2 is 1.73 bits per heavy atom. The van der Waals surface area contributed by atoms with E-state index in [1.165, 1.54) is 19.3 Å². The van der Waals surface area contributed by atoms with E-state index in [4.69, 9.17) is 15.0 Å². The maximum atomic E-state index is 7.99. The zero-order chi connectivity index (χ0) is 11.2. The number of azide groups is 1. The topological polar surface area (TPSA) is 67.2 Å². The van der Waals surface area contributed by atoms with E-state index >= 15 is 0 Å². The third-order valence-corrected chi connectivity index (χ3v) is 1.91. The van der Waals surface area contributed by atoms with Gasteiger partial charge in [-0.25, -0.2) is 0 Å².